The van der Waals surface area contributed by atoms with Crippen molar-refractivity contribution < 1.29 is 9.18 Å². The van der Waals surface area contributed by atoms with Crippen LogP contribution in [0.2, 0.25) is 0 Å². The SMILES string of the molecule is NCCCn1nccc1CNC(=O)c1ccc(-c2cnn(NCCc3cccc(F)c3)c2)nc1. The number of hydrogen-bond acceptors (Lipinski definition) is 6. The first-order chi connectivity index (χ1) is 16.6. The number of halogens is 1. The van der Waals surface area contributed by atoms with Crippen molar-refractivity contribution in [2.75, 3.05) is 18.5 Å². The molecule has 0 saturated carbocycles. The van der Waals surface area contributed by atoms with Gasteiger partial charge in [0.15, 0.2) is 0 Å². The minimum atomic E-state index is -0.240. The summed E-state index contributed by atoms with van der Waals surface area (Å²) in [6.45, 7) is 2.29. The molecule has 3 aromatic heterocycles. The highest BCUT2D eigenvalue weighted by Crippen LogP contribution is 2.16. The lowest BCUT2D eigenvalue weighted by atomic mass is 10.1. The molecular weight excluding hydrogens is 435 g/mol. The Kier molecular flexibility index (Phi) is 7.61. The van der Waals surface area contributed by atoms with E-state index in [-0.39, 0.29) is 11.7 Å². The molecule has 0 aliphatic heterocycles. The van der Waals surface area contributed by atoms with Gasteiger partial charge in [0, 0.05) is 31.0 Å². The van der Waals surface area contributed by atoms with Crippen molar-refractivity contribution in [3.63, 3.8) is 0 Å². The molecule has 4 N–H and O–H groups in total. The van der Waals surface area contributed by atoms with Gasteiger partial charge in [-0.2, -0.15) is 15.0 Å². The number of amides is 1. The van der Waals surface area contributed by atoms with E-state index in [1.165, 1.54) is 12.1 Å². The summed E-state index contributed by atoms with van der Waals surface area (Å²) in [5.41, 5.74) is 12.5. The lowest BCUT2D eigenvalue weighted by Gasteiger charge is -2.08. The van der Waals surface area contributed by atoms with E-state index >= 15 is 0 Å². The van der Waals surface area contributed by atoms with Crippen LogP contribution < -0.4 is 16.5 Å². The number of nitrogens with two attached hydrogens (primary N) is 1. The van der Waals surface area contributed by atoms with Crippen LogP contribution in [0.3, 0.4) is 0 Å². The van der Waals surface area contributed by atoms with Crippen molar-refractivity contribution in [1.82, 2.24) is 30.0 Å². The van der Waals surface area contributed by atoms with Gasteiger partial charge in [-0.3, -0.25) is 14.5 Å². The van der Waals surface area contributed by atoms with Gasteiger partial charge in [0.25, 0.3) is 5.91 Å². The molecular formula is C24H27FN8O. The molecule has 10 heteroatoms. The summed E-state index contributed by atoms with van der Waals surface area (Å²) in [6.07, 6.45) is 8.27. The number of benzene rings is 1. The molecule has 0 bridgehead atoms. The summed E-state index contributed by atoms with van der Waals surface area (Å²) in [4.78, 5) is 18.5. The third kappa shape index (κ3) is 6.04. The van der Waals surface area contributed by atoms with E-state index < -0.39 is 0 Å². The molecule has 4 aromatic rings. The highest BCUT2D eigenvalue weighted by molar-refractivity contribution is 5.94. The maximum atomic E-state index is 13.3. The largest absolute Gasteiger partial charge is 0.346 e. The van der Waals surface area contributed by atoms with E-state index in [0.717, 1.165) is 29.8 Å². The number of rotatable bonds is 11. The smallest absolute Gasteiger partial charge is 0.253 e. The van der Waals surface area contributed by atoms with Crippen LogP contribution in [0.4, 0.5) is 4.39 Å². The van der Waals surface area contributed by atoms with Gasteiger partial charge in [0.2, 0.25) is 0 Å². The summed E-state index contributed by atoms with van der Waals surface area (Å²) in [7, 11) is 0. The number of nitrogens with one attached hydrogen (secondary N) is 2. The second-order valence-electron chi connectivity index (χ2n) is 7.76. The molecule has 0 spiro atoms. The Morgan fingerprint density at radius 2 is 2.03 bits per heavy atom. The second-order valence-corrected chi connectivity index (χ2v) is 7.76. The van der Waals surface area contributed by atoms with E-state index in [2.05, 4.69) is 25.9 Å². The number of pyridine rings is 1. The van der Waals surface area contributed by atoms with Crippen LogP contribution in [0.5, 0.6) is 0 Å². The zero-order valence-corrected chi connectivity index (χ0v) is 18.7. The second kappa shape index (κ2) is 11.2. The molecule has 0 aliphatic rings. The molecule has 0 unspecified atom stereocenters. The lowest BCUT2D eigenvalue weighted by molar-refractivity contribution is 0.0949. The monoisotopic (exact) mass is 462 g/mol. The first-order valence-electron chi connectivity index (χ1n) is 11.1. The predicted molar refractivity (Wildman–Crippen MR) is 127 cm³/mol. The first kappa shape index (κ1) is 23.1. The Bertz CT molecular complexity index is 1220. The molecule has 34 heavy (non-hydrogen) atoms. The van der Waals surface area contributed by atoms with Gasteiger partial charge < -0.3 is 16.5 Å². The maximum Gasteiger partial charge on any atom is 0.253 e. The summed E-state index contributed by atoms with van der Waals surface area (Å²) < 4.78 is 15.1. The Morgan fingerprint density at radius 3 is 2.82 bits per heavy atom. The van der Waals surface area contributed by atoms with Crippen LogP contribution in [0, 0.1) is 5.82 Å². The molecule has 0 fully saturated rings. The molecule has 0 saturated heterocycles. The van der Waals surface area contributed by atoms with E-state index in [4.69, 9.17) is 5.73 Å². The van der Waals surface area contributed by atoms with Gasteiger partial charge in [-0.15, -0.1) is 0 Å². The number of carbonyl (C=O) groups is 1. The van der Waals surface area contributed by atoms with Crippen molar-refractivity contribution >= 4 is 5.91 Å². The normalized spacial score (nSPS) is 10.9. The summed E-state index contributed by atoms with van der Waals surface area (Å²) in [5.74, 6) is -0.448. The van der Waals surface area contributed by atoms with Crippen molar-refractivity contribution in [2.24, 2.45) is 5.73 Å². The molecule has 1 amide bonds. The average Bonchev–Trinajstić information content (AvgIpc) is 3.51. The van der Waals surface area contributed by atoms with Crippen LogP contribution in [0.15, 0.2) is 67.3 Å². The van der Waals surface area contributed by atoms with Crippen molar-refractivity contribution in [3.8, 4) is 11.3 Å². The van der Waals surface area contributed by atoms with Crippen LogP contribution >= 0.6 is 0 Å². The van der Waals surface area contributed by atoms with Gasteiger partial charge in [-0.25, -0.2) is 4.39 Å². The molecule has 4 rings (SSSR count). The molecule has 0 aliphatic carbocycles. The third-order valence-electron chi connectivity index (χ3n) is 5.29. The zero-order valence-electron chi connectivity index (χ0n) is 18.7. The van der Waals surface area contributed by atoms with Gasteiger partial charge in [0.1, 0.15) is 5.82 Å². The van der Waals surface area contributed by atoms with Crippen molar-refractivity contribution in [1.29, 1.82) is 0 Å². The Hall–Kier alpha value is -4.05. The average molecular weight is 463 g/mol. The Morgan fingerprint density at radius 1 is 1.12 bits per heavy atom. The predicted octanol–water partition coefficient (Wildman–Crippen LogP) is 2.35. The minimum Gasteiger partial charge on any atom is -0.346 e. The molecule has 176 valence electrons. The van der Waals surface area contributed by atoms with Crippen LogP contribution in [-0.4, -0.2) is 43.7 Å². The fourth-order valence-electron chi connectivity index (χ4n) is 3.47. The fraction of sp³-hybridized carbons (Fsp3) is 0.250. The Balaban J connectivity index is 1.29. The molecule has 0 atom stereocenters. The highest BCUT2D eigenvalue weighted by atomic mass is 19.1. The molecule has 1 aromatic carbocycles. The third-order valence-corrected chi connectivity index (χ3v) is 5.29. The minimum absolute atomic E-state index is 0.208. The van der Waals surface area contributed by atoms with Gasteiger partial charge in [-0.1, -0.05) is 12.1 Å². The van der Waals surface area contributed by atoms with E-state index in [1.807, 2.05) is 23.0 Å². The first-order valence-corrected chi connectivity index (χ1v) is 11.1. The summed E-state index contributed by atoms with van der Waals surface area (Å²) in [6, 6.07) is 11.9. The maximum absolute atomic E-state index is 13.3. The van der Waals surface area contributed by atoms with Gasteiger partial charge in [0.05, 0.1) is 35.9 Å². The number of carbonyl (C=O) groups excluding carboxylic acids is 1. The topological polar surface area (TPSA) is 116 Å². The number of nitrogens with zero attached hydrogens (tertiary/aromatic N) is 5. The van der Waals surface area contributed by atoms with Crippen LogP contribution in [0.1, 0.15) is 28.0 Å². The van der Waals surface area contributed by atoms with Crippen molar-refractivity contribution in [3.05, 3.63) is 89.9 Å². The number of aryl methyl sites for hydroxylation is 1. The number of hydrogen-bond donors (Lipinski definition) is 3. The molecule has 3 heterocycles. The van der Waals surface area contributed by atoms with Crippen LogP contribution in [-0.2, 0) is 19.5 Å². The quantitative estimate of drug-likeness (QED) is 0.315. The summed E-state index contributed by atoms with van der Waals surface area (Å²) >= 11 is 0. The highest BCUT2D eigenvalue weighted by Gasteiger charge is 2.10. The molecule has 0 radical (unpaired) electrons. The summed E-state index contributed by atoms with van der Waals surface area (Å²) in [5, 5.41) is 11.4. The van der Waals surface area contributed by atoms with Crippen molar-refractivity contribution in [2.45, 2.75) is 25.9 Å². The van der Waals surface area contributed by atoms with Gasteiger partial charge in [-0.05, 0) is 55.3 Å². The molecule has 9 nitrogen and oxygen atoms in total. The van der Waals surface area contributed by atoms with E-state index in [0.29, 0.717) is 37.3 Å². The Labute approximate surface area is 196 Å². The number of aromatic nitrogens is 5. The van der Waals surface area contributed by atoms with Gasteiger partial charge >= 0.3 is 0 Å². The van der Waals surface area contributed by atoms with E-state index in [1.54, 1.807) is 41.6 Å². The van der Waals surface area contributed by atoms with Crippen LogP contribution in [0.25, 0.3) is 11.3 Å². The zero-order chi connectivity index (χ0) is 23.8. The lowest BCUT2D eigenvalue weighted by Crippen LogP contribution is -2.24. The fourth-order valence-corrected chi connectivity index (χ4v) is 3.47. The standard InChI is InChI=1S/C24H27FN8O/c25-21-4-1-3-18(13-21)7-10-30-33-17-20(15-31-33)23-6-5-19(14-27-23)24(34)28-16-22-8-11-29-32(22)12-2-9-26/h1,3-6,8,11,13-15,17,30H,2,7,9-10,12,16,26H2,(H,28,34). The van der Waals surface area contributed by atoms with E-state index in [9.17, 15) is 9.18 Å².